The third-order valence-corrected chi connectivity index (χ3v) is 3.07. The number of hydrogen-bond donors (Lipinski definition) is 2. The van der Waals surface area contributed by atoms with Crippen molar-refractivity contribution < 1.29 is 37.0 Å². The Bertz CT molecular complexity index is 791. The van der Waals surface area contributed by atoms with E-state index in [1.165, 1.54) is 0 Å². The highest BCUT2D eigenvalue weighted by Crippen LogP contribution is 2.34. The van der Waals surface area contributed by atoms with E-state index in [4.69, 9.17) is 9.84 Å². The van der Waals surface area contributed by atoms with Crippen molar-refractivity contribution in [3.05, 3.63) is 65.0 Å². The fraction of sp³-hybridized carbons (Fsp3) is 0.125. The second-order valence-electron chi connectivity index (χ2n) is 4.87. The summed E-state index contributed by atoms with van der Waals surface area (Å²) in [6.45, 7) is -0.147. The molecule has 0 fully saturated rings. The Balaban J connectivity index is 2.19. The van der Waals surface area contributed by atoms with Crippen LogP contribution < -0.4 is 5.32 Å². The van der Waals surface area contributed by atoms with Crippen LogP contribution in [0.4, 0.5) is 28.0 Å². The van der Waals surface area contributed by atoms with Gasteiger partial charge in [0.25, 0.3) is 0 Å². The van der Waals surface area contributed by atoms with Crippen molar-refractivity contribution in [2.75, 3.05) is 5.32 Å². The van der Waals surface area contributed by atoms with Gasteiger partial charge in [0.15, 0.2) is 0 Å². The van der Waals surface area contributed by atoms with Gasteiger partial charge in [-0.3, -0.25) is 5.32 Å². The van der Waals surface area contributed by atoms with Crippen molar-refractivity contribution in [3.8, 4) is 0 Å². The van der Waals surface area contributed by atoms with Crippen molar-refractivity contribution in [1.29, 1.82) is 0 Å². The van der Waals surface area contributed by atoms with E-state index in [0.717, 1.165) is 0 Å². The molecule has 0 atom stereocenters. The number of carboxylic acid groups (broad SMARTS) is 1. The number of aromatic carboxylic acids is 1. The largest absolute Gasteiger partial charge is 0.478 e. The molecule has 132 valence electrons. The summed E-state index contributed by atoms with van der Waals surface area (Å²) in [5.41, 5.74) is -2.93. The van der Waals surface area contributed by atoms with Crippen LogP contribution in [-0.2, 0) is 17.5 Å². The number of rotatable bonds is 4. The summed E-state index contributed by atoms with van der Waals surface area (Å²) in [5.74, 6) is -3.83. The highest BCUT2D eigenvalue weighted by Gasteiger charge is 2.36. The molecular formula is C16H11F4NO4. The molecule has 1 amide bonds. The molecule has 0 aliphatic heterocycles. The lowest BCUT2D eigenvalue weighted by atomic mass is 10.1. The molecule has 0 aliphatic carbocycles. The highest BCUT2D eigenvalue weighted by atomic mass is 19.4. The molecule has 0 bridgehead atoms. The van der Waals surface area contributed by atoms with Crippen molar-refractivity contribution in [1.82, 2.24) is 0 Å². The van der Waals surface area contributed by atoms with E-state index in [9.17, 15) is 27.2 Å². The zero-order chi connectivity index (χ0) is 18.6. The van der Waals surface area contributed by atoms with E-state index < -0.39 is 40.9 Å². The van der Waals surface area contributed by atoms with Crippen molar-refractivity contribution in [2.24, 2.45) is 0 Å². The molecule has 25 heavy (non-hydrogen) atoms. The quantitative estimate of drug-likeness (QED) is 0.801. The fourth-order valence-electron chi connectivity index (χ4n) is 1.94. The summed E-state index contributed by atoms with van der Waals surface area (Å²) >= 11 is 0. The highest BCUT2D eigenvalue weighted by molar-refractivity contribution is 5.92. The van der Waals surface area contributed by atoms with Gasteiger partial charge in [0.1, 0.15) is 12.4 Å². The summed E-state index contributed by atoms with van der Waals surface area (Å²) < 4.78 is 56.9. The molecule has 0 aromatic heterocycles. The minimum Gasteiger partial charge on any atom is -0.478 e. The maximum Gasteiger partial charge on any atom is 0.419 e. The average molecular weight is 357 g/mol. The Morgan fingerprint density at radius 3 is 2.32 bits per heavy atom. The number of ether oxygens (including phenoxy) is 1. The van der Waals surface area contributed by atoms with Crippen LogP contribution in [0.5, 0.6) is 0 Å². The van der Waals surface area contributed by atoms with E-state index in [1.54, 1.807) is 30.3 Å². The van der Waals surface area contributed by atoms with Gasteiger partial charge < -0.3 is 9.84 Å². The molecule has 2 rings (SSSR count). The zero-order valence-corrected chi connectivity index (χ0v) is 12.4. The van der Waals surface area contributed by atoms with Crippen molar-refractivity contribution >= 4 is 17.7 Å². The number of carbonyl (C=O) groups excluding carboxylic acids is 1. The van der Waals surface area contributed by atoms with Crippen LogP contribution in [0.1, 0.15) is 21.5 Å². The van der Waals surface area contributed by atoms with Crippen LogP contribution in [0.15, 0.2) is 42.5 Å². The van der Waals surface area contributed by atoms with Crippen LogP contribution in [-0.4, -0.2) is 17.2 Å². The summed E-state index contributed by atoms with van der Waals surface area (Å²) in [6, 6.07) is 9.35. The minimum atomic E-state index is -5.13. The Hall–Kier alpha value is -3.10. The first-order valence-corrected chi connectivity index (χ1v) is 6.80. The molecule has 2 aromatic rings. The molecule has 0 spiro atoms. The van der Waals surface area contributed by atoms with Crippen LogP contribution in [0.3, 0.4) is 0 Å². The third kappa shape index (κ3) is 4.69. The Labute approximate surface area is 138 Å². The van der Waals surface area contributed by atoms with Gasteiger partial charge in [-0.1, -0.05) is 30.3 Å². The molecule has 9 heteroatoms. The molecule has 5 nitrogen and oxygen atoms in total. The number of amides is 1. The van der Waals surface area contributed by atoms with Gasteiger partial charge in [-0.15, -0.1) is 0 Å². The first-order chi connectivity index (χ1) is 11.7. The van der Waals surface area contributed by atoms with Gasteiger partial charge in [-0.05, 0) is 17.7 Å². The monoisotopic (exact) mass is 357 g/mol. The number of carbonyl (C=O) groups is 2. The first kappa shape index (κ1) is 18.2. The minimum absolute atomic E-state index is 0.147. The van der Waals surface area contributed by atoms with E-state index >= 15 is 0 Å². The van der Waals surface area contributed by atoms with Crippen LogP contribution in [0.2, 0.25) is 0 Å². The number of halogens is 4. The molecule has 0 saturated carbocycles. The smallest absolute Gasteiger partial charge is 0.419 e. The second kappa shape index (κ2) is 7.20. The first-order valence-electron chi connectivity index (χ1n) is 6.80. The van der Waals surface area contributed by atoms with E-state index in [-0.39, 0.29) is 6.61 Å². The van der Waals surface area contributed by atoms with Crippen LogP contribution >= 0.6 is 0 Å². The Morgan fingerprint density at radius 1 is 1.12 bits per heavy atom. The molecule has 2 aromatic carbocycles. The summed E-state index contributed by atoms with van der Waals surface area (Å²) in [5, 5.41) is 10.8. The number of nitrogens with one attached hydrogen (secondary N) is 1. The second-order valence-corrected chi connectivity index (χ2v) is 4.87. The van der Waals surface area contributed by atoms with E-state index in [2.05, 4.69) is 0 Å². The van der Waals surface area contributed by atoms with Crippen LogP contribution in [0, 0.1) is 5.82 Å². The predicted octanol–water partition coefficient (Wildman–Crippen LogP) is 4.29. The average Bonchev–Trinajstić information content (AvgIpc) is 2.54. The Kier molecular flexibility index (Phi) is 5.26. The lowest BCUT2D eigenvalue weighted by molar-refractivity contribution is -0.140. The number of alkyl halides is 3. The summed E-state index contributed by atoms with van der Waals surface area (Å²) in [6.07, 6.45) is -6.24. The van der Waals surface area contributed by atoms with Crippen LogP contribution in [0.25, 0.3) is 0 Å². The maximum absolute atomic E-state index is 13.7. The van der Waals surface area contributed by atoms with Gasteiger partial charge in [0.2, 0.25) is 0 Å². The SMILES string of the molecule is O=C(Nc1cc(C(=O)O)c(F)c(C(F)(F)F)c1)OCc1ccccc1. The Morgan fingerprint density at radius 2 is 1.76 bits per heavy atom. The molecular weight excluding hydrogens is 346 g/mol. The van der Waals surface area contributed by atoms with E-state index in [0.29, 0.717) is 17.7 Å². The number of carboxylic acids is 1. The normalized spacial score (nSPS) is 11.0. The van der Waals surface area contributed by atoms with Crippen molar-refractivity contribution in [3.63, 3.8) is 0 Å². The van der Waals surface area contributed by atoms with Gasteiger partial charge in [0.05, 0.1) is 11.1 Å². The lowest BCUT2D eigenvalue weighted by Gasteiger charge is -2.13. The number of anilines is 1. The molecule has 0 radical (unpaired) electrons. The van der Waals surface area contributed by atoms with Gasteiger partial charge in [0, 0.05) is 5.69 Å². The van der Waals surface area contributed by atoms with Gasteiger partial charge in [-0.25, -0.2) is 14.0 Å². The molecule has 2 N–H and O–H groups in total. The number of hydrogen-bond acceptors (Lipinski definition) is 3. The topological polar surface area (TPSA) is 75.6 Å². The lowest BCUT2D eigenvalue weighted by Crippen LogP contribution is -2.17. The third-order valence-electron chi connectivity index (χ3n) is 3.07. The summed E-state index contributed by atoms with van der Waals surface area (Å²) in [7, 11) is 0. The maximum atomic E-state index is 13.7. The van der Waals surface area contributed by atoms with Gasteiger partial charge >= 0.3 is 18.2 Å². The van der Waals surface area contributed by atoms with E-state index in [1.807, 2.05) is 5.32 Å². The molecule has 0 aliphatic rings. The number of benzene rings is 2. The molecule has 0 heterocycles. The zero-order valence-electron chi connectivity index (χ0n) is 12.4. The summed E-state index contributed by atoms with van der Waals surface area (Å²) in [4.78, 5) is 22.6. The predicted molar refractivity (Wildman–Crippen MR) is 78.6 cm³/mol. The van der Waals surface area contributed by atoms with Crippen molar-refractivity contribution in [2.45, 2.75) is 12.8 Å². The molecule has 0 saturated heterocycles. The molecule has 0 unspecified atom stereocenters. The fourth-order valence-corrected chi connectivity index (χ4v) is 1.94. The standard InChI is InChI=1S/C16H11F4NO4/c17-13-11(14(22)23)6-10(7-12(13)16(18,19)20)21-15(24)25-8-9-4-2-1-3-5-9/h1-7H,8H2,(H,21,24)(H,22,23). The van der Waals surface area contributed by atoms with Gasteiger partial charge in [-0.2, -0.15) is 13.2 Å².